The van der Waals surface area contributed by atoms with Gasteiger partial charge in [-0.05, 0) is 53.2 Å². The second-order valence-corrected chi connectivity index (χ2v) is 9.82. The highest BCUT2D eigenvalue weighted by atomic mass is 35.5. The van der Waals surface area contributed by atoms with Crippen molar-refractivity contribution in [2.75, 3.05) is 31.5 Å². The molecular formula is C24H22ClF3N4O3S. The zero-order chi connectivity index (χ0) is 26.0. The number of rotatable bonds is 8. The number of nitrogens with zero attached hydrogens (tertiary/aromatic N) is 2. The van der Waals surface area contributed by atoms with Crippen LogP contribution < -0.4 is 5.32 Å². The summed E-state index contributed by atoms with van der Waals surface area (Å²) in [5.74, 6) is -0.410. The number of thioether (sulfide) groups is 1. The van der Waals surface area contributed by atoms with E-state index in [-0.39, 0.29) is 39.9 Å². The molecule has 2 amide bonds. The van der Waals surface area contributed by atoms with Gasteiger partial charge in [0.15, 0.2) is 0 Å². The van der Waals surface area contributed by atoms with Gasteiger partial charge in [-0.15, -0.1) is 0 Å². The van der Waals surface area contributed by atoms with Crippen LogP contribution in [-0.2, 0) is 17.5 Å². The van der Waals surface area contributed by atoms with E-state index in [1.807, 2.05) is 4.90 Å². The maximum Gasteiger partial charge on any atom is 0.416 e. The molecule has 0 aromatic heterocycles. The van der Waals surface area contributed by atoms with Gasteiger partial charge < -0.3 is 15.8 Å². The molecule has 2 fully saturated rings. The van der Waals surface area contributed by atoms with Crippen molar-refractivity contribution < 1.29 is 27.9 Å². The predicted molar refractivity (Wildman–Crippen MR) is 133 cm³/mol. The lowest BCUT2D eigenvalue weighted by Crippen LogP contribution is -2.53. The molecule has 190 valence electrons. The Morgan fingerprint density at radius 3 is 2.58 bits per heavy atom. The summed E-state index contributed by atoms with van der Waals surface area (Å²) in [6.45, 7) is 1.63. The van der Waals surface area contributed by atoms with Crippen molar-refractivity contribution in [2.24, 2.45) is 0 Å². The number of aliphatic hydroxyl groups excluding tert-OH is 1. The fraction of sp³-hybridized carbons (Fsp3) is 0.292. The summed E-state index contributed by atoms with van der Waals surface area (Å²) in [6.07, 6.45) is -2.32. The zero-order valence-corrected chi connectivity index (χ0v) is 20.4. The van der Waals surface area contributed by atoms with Crippen molar-refractivity contribution in [3.05, 3.63) is 68.6 Å². The maximum absolute atomic E-state index is 13.4. The predicted octanol–water partition coefficient (Wildman–Crippen LogP) is 4.68. The number of anilines is 1. The van der Waals surface area contributed by atoms with Crippen LogP contribution in [0, 0.1) is 5.41 Å². The van der Waals surface area contributed by atoms with Crippen molar-refractivity contribution in [3.63, 3.8) is 0 Å². The number of benzene rings is 2. The molecule has 2 heterocycles. The molecular weight excluding hydrogens is 517 g/mol. The number of hydrogen-bond acceptors (Lipinski definition) is 7. The third-order valence-corrected chi connectivity index (χ3v) is 6.97. The Hall–Kier alpha value is -2.86. The first-order chi connectivity index (χ1) is 17.0. The fourth-order valence-corrected chi connectivity index (χ4v) is 4.96. The summed E-state index contributed by atoms with van der Waals surface area (Å²) in [7, 11) is 0. The van der Waals surface area contributed by atoms with Gasteiger partial charge in [0.2, 0.25) is 0 Å². The molecule has 0 unspecified atom stereocenters. The first kappa shape index (κ1) is 26.2. The van der Waals surface area contributed by atoms with Gasteiger partial charge in [-0.1, -0.05) is 23.7 Å². The molecule has 0 bridgehead atoms. The number of likely N-dealkylation sites (tertiary alicyclic amines) is 1. The molecule has 2 aliphatic heterocycles. The smallest absolute Gasteiger partial charge is 0.390 e. The number of imide groups is 1. The van der Waals surface area contributed by atoms with Crippen LogP contribution in [0.25, 0.3) is 6.08 Å². The van der Waals surface area contributed by atoms with Crippen molar-refractivity contribution in [3.8, 4) is 0 Å². The first-order valence-electron chi connectivity index (χ1n) is 10.9. The fourth-order valence-electron chi connectivity index (χ4n) is 3.92. The number of nitrogens with one attached hydrogen (secondary N) is 2. The Kier molecular flexibility index (Phi) is 7.74. The molecule has 0 saturated carbocycles. The minimum atomic E-state index is -4.56. The molecule has 2 aliphatic rings. The van der Waals surface area contributed by atoms with Crippen LogP contribution in [0.5, 0.6) is 0 Å². The highest BCUT2D eigenvalue weighted by Crippen LogP contribution is 2.35. The van der Waals surface area contributed by atoms with Gasteiger partial charge in [0.1, 0.15) is 0 Å². The first-order valence-corrected chi connectivity index (χ1v) is 12.1. The number of hydrogen-bond donors (Lipinski definition) is 3. The molecule has 0 spiro atoms. The van der Waals surface area contributed by atoms with Gasteiger partial charge in [0.25, 0.3) is 11.1 Å². The molecule has 0 atom stereocenters. The van der Waals surface area contributed by atoms with Crippen molar-refractivity contribution in [1.29, 1.82) is 5.41 Å². The third-order valence-electron chi connectivity index (χ3n) is 5.83. The van der Waals surface area contributed by atoms with Crippen LogP contribution in [0.15, 0.2) is 41.3 Å². The summed E-state index contributed by atoms with van der Waals surface area (Å²) in [4.78, 5) is 28.4. The Bertz CT molecular complexity index is 1230. The number of carbonyl (C=O) groups excluding carboxylic acids is 2. The Balaban J connectivity index is 1.45. The van der Waals surface area contributed by atoms with Crippen LogP contribution in [0.1, 0.15) is 22.3 Å². The highest BCUT2D eigenvalue weighted by Gasteiger charge is 2.36. The van der Waals surface area contributed by atoms with E-state index >= 15 is 0 Å². The van der Waals surface area contributed by atoms with E-state index in [2.05, 4.69) is 5.32 Å². The topological polar surface area (TPSA) is 96.7 Å². The molecule has 7 nitrogen and oxygen atoms in total. The van der Waals surface area contributed by atoms with Gasteiger partial charge >= 0.3 is 6.18 Å². The molecule has 2 saturated heterocycles. The lowest BCUT2D eigenvalue weighted by atomic mass is 10.1. The summed E-state index contributed by atoms with van der Waals surface area (Å²) in [6, 6.07) is 8.42. The van der Waals surface area contributed by atoms with Gasteiger partial charge in [-0.25, -0.2) is 0 Å². The van der Waals surface area contributed by atoms with E-state index in [1.165, 1.54) is 17.0 Å². The standard InChI is InChI=1S/C24H22ClF3N4O3S/c25-17-3-2-15(19(9-17)24(26,27)28)11-30-20-4-1-14(7-16(20)10-29)8-21-22(34)32(23(35)36-21)6-5-31-12-18(33)13-31/h1-4,7-10,18,29-30,33H,5-6,11-13H2/b21-8-,29-10?. The highest BCUT2D eigenvalue weighted by molar-refractivity contribution is 8.18. The number of halogens is 4. The number of carbonyl (C=O) groups is 2. The van der Waals surface area contributed by atoms with Gasteiger partial charge in [0, 0.05) is 55.2 Å². The SMILES string of the molecule is N=Cc1cc(/C=C2\SC(=O)N(CCN3CC(O)C3)C2=O)ccc1NCc1ccc(Cl)cc1C(F)(F)F. The van der Waals surface area contributed by atoms with Crippen LogP contribution in [0.2, 0.25) is 5.02 Å². The number of amides is 2. The third kappa shape index (κ3) is 5.92. The minimum absolute atomic E-state index is 0.00770. The van der Waals surface area contributed by atoms with Crippen molar-refractivity contribution in [2.45, 2.75) is 18.8 Å². The molecule has 0 aliphatic carbocycles. The van der Waals surface area contributed by atoms with Crippen LogP contribution in [-0.4, -0.2) is 64.6 Å². The number of alkyl halides is 3. The second-order valence-electron chi connectivity index (χ2n) is 8.39. The lowest BCUT2D eigenvalue weighted by Gasteiger charge is -2.36. The largest absolute Gasteiger partial charge is 0.416 e. The second kappa shape index (κ2) is 10.6. The van der Waals surface area contributed by atoms with E-state index in [4.69, 9.17) is 17.0 Å². The normalized spacial score (nSPS) is 18.1. The van der Waals surface area contributed by atoms with Crippen molar-refractivity contribution >= 4 is 52.5 Å². The van der Waals surface area contributed by atoms with Crippen LogP contribution in [0.3, 0.4) is 0 Å². The maximum atomic E-state index is 13.4. The summed E-state index contributed by atoms with van der Waals surface area (Å²) in [5, 5.41) is 19.6. The average molecular weight is 539 g/mol. The summed E-state index contributed by atoms with van der Waals surface area (Å²) < 4.78 is 40.1. The lowest BCUT2D eigenvalue weighted by molar-refractivity contribution is -0.138. The van der Waals surface area contributed by atoms with E-state index in [0.717, 1.165) is 24.0 Å². The van der Waals surface area contributed by atoms with Crippen molar-refractivity contribution in [1.82, 2.24) is 9.80 Å². The Morgan fingerprint density at radius 1 is 1.17 bits per heavy atom. The van der Waals surface area contributed by atoms with Crippen LogP contribution >= 0.6 is 23.4 Å². The molecule has 3 N–H and O–H groups in total. The molecule has 0 radical (unpaired) electrons. The number of aliphatic hydroxyl groups is 1. The van der Waals surface area contributed by atoms with E-state index in [1.54, 1.807) is 24.3 Å². The Labute approximate surface area is 214 Å². The van der Waals surface area contributed by atoms with E-state index < -0.39 is 17.6 Å². The Morgan fingerprint density at radius 2 is 1.92 bits per heavy atom. The molecule has 36 heavy (non-hydrogen) atoms. The number of β-amino-alcohol motifs (C(OH)–C–C–N with tert-alkyl or cyclic N) is 1. The van der Waals surface area contributed by atoms with Gasteiger partial charge in [0.05, 0.1) is 16.6 Å². The van der Waals surface area contributed by atoms with Crippen LogP contribution in [0.4, 0.5) is 23.7 Å². The summed E-state index contributed by atoms with van der Waals surface area (Å²) >= 11 is 6.56. The molecule has 12 heteroatoms. The quantitative estimate of drug-likeness (QED) is 0.333. The van der Waals surface area contributed by atoms with E-state index in [9.17, 15) is 27.9 Å². The molecule has 4 rings (SSSR count). The van der Waals surface area contributed by atoms with Gasteiger partial charge in [-0.2, -0.15) is 13.2 Å². The summed E-state index contributed by atoms with van der Waals surface area (Å²) in [5.41, 5.74) is 0.583. The van der Waals surface area contributed by atoms with Gasteiger partial charge in [-0.3, -0.25) is 19.4 Å². The average Bonchev–Trinajstić information content (AvgIpc) is 3.07. The minimum Gasteiger partial charge on any atom is -0.390 e. The molecule has 2 aromatic carbocycles. The monoisotopic (exact) mass is 538 g/mol. The van der Waals surface area contributed by atoms with E-state index in [0.29, 0.717) is 36.4 Å². The molecule has 2 aromatic rings. The zero-order valence-electron chi connectivity index (χ0n) is 18.8.